The highest BCUT2D eigenvalue weighted by Crippen LogP contribution is 2.52. The lowest BCUT2D eigenvalue weighted by atomic mass is 9.80. The first-order chi connectivity index (χ1) is 13.0. The second-order valence-electron chi connectivity index (χ2n) is 7.39. The fourth-order valence-electron chi connectivity index (χ4n) is 3.83. The molecule has 0 aromatic heterocycles. The first-order valence-electron chi connectivity index (χ1n) is 9.02. The predicted octanol–water partition coefficient (Wildman–Crippen LogP) is 4.59. The zero-order valence-electron chi connectivity index (χ0n) is 16.0. The number of alkyl halides is 3. The van der Waals surface area contributed by atoms with Crippen molar-refractivity contribution in [3.63, 3.8) is 0 Å². The van der Waals surface area contributed by atoms with Crippen LogP contribution in [0, 0.1) is 5.92 Å². The summed E-state index contributed by atoms with van der Waals surface area (Å²) in [4.78, 5) is 0. The van der Waals surface area contributed by atoms with Gasteiger partial charge in [0.2, 0.25) is 6.10 Å². The van der Waals surface area contributed by atoms with Gasteiger partial charge in [0.1, 0.15) is 17.5 Å². The molecule has 0 aliphatic carbocycles. The van der Waals surface area contributed by atoms with E-state index in [0.29, 0.717) is 0 Å². The van der Waals surface area contributed by atoms with Gasteiger partial charge < -0.3 is 23.7 Å². The Morgan fingerprint density at radius 3 is 2.36 bits per heavy atom. The van der Waals surface area contributed by atoms with Gasteiger partial charge in [-0.05, 0) is 32.4 Å². The van der Waals surface area contributed by atoms with Gasteiger partial charge >= 0.3 is 11.4 Å². The topological polar surface area (TPSA) is 46.2 Å². The maximum absolute atomic E-state index is 14.0. The van der Waals surface area contributed by atoms with Crippen LogP contribution in [0.4, 0.5) is 13.2 Å². The van der Waals surface area contributed by atoms with Gasteiger partial charge in [-0.2, -0.15) is 13.2 Å². The third-order valence-electron chi connectivity index (χ3n) is 5.14. The van der Waals surface area contributed by atoms with Gasteiger partial charge in [0, 0.05) is 18.1 Å². The lowest BCUT2D eigenvalue weighted by molar-refractivity contribution is -0.299. The molecule has 2 aliphatic rings. The lowest BCUT2D eigenvalue weighted by Crippen LogP contribution is -2.57. The summed E-state index contributed by atoms with van der Waals surface area (Å²) in [5.41, 5.74) is -1.73. The Labute approximate surface area is 167 Å². The zero-order chi connectivity index (χ0) is 20.7. The number of thiocarbonyl (C=S) groups is 1. The Morgan fingerprint density at radius 1 is 1.18 bits per heavy atom. The molecule has 3 rings (SSSR count). The molecule has 156 valence electrons. The number of halogens is 3. The van der Waals surface area contributed by atoms with E-state index in [2.05, 4.69) is 0 Å². The van der Waals surface area contributed by atoms with Gasteiger partial charge in [0.25, 0.3) is 0 Å². The van der Waals surface area contributed by atoms with Crippen LogP contribution >= 0.6 is 12.2 Å². The molecule has 0 bridgehead atoms. The second-order valence-corrected chi connectivity index (χ2v) is 7.72. The molecule has 5 nitrogen and oxygen atoms in total. The molecular formula is C19H23F3O5S. The predicted molar refractivity (Wildman–Crippen MR) is 97.7 cm³/mol. The van der Waals surface area contributed by atoms with Crippen molar-refractivity contribution in [1.29, 1.82) is 0 Å². The van der Waals surface area contributed by atoms with Crippen molar-refractivity contribution in [3.05, 3.63) is 30.3 Å². The van der Waals surface area contributed by atoms with Crippen LogP contribution < -0.4 is 4.74 Å². The summed E-state index contributed by atoms with van der Waals surface area (Å²) in [6.07, 6.45) is -8.62. The molecule has 2 saturated heterocycles. The number of hydrogen-bond acceptors (Lipinski definition) is 6. The van der Waals surface area contributed by atoms with E-state index in [1.165, 1.54) is 0 Å². The average Bonchev–Trinajstić information content (AvgIpc) is 3.03. The van der Waals surface area contributed by atoms with Crippen molar-refractivity contribution in [3.8, 4) is 5.75 Å². The standard InChI is InChI=1S/C19H23F3O5S/c1-5-18(11(2)13-14(27-18)26-17(3,4)25-13)15(19(20,21)22)24-16(28)23-12-9-7-6-8-10-12/h6-11,13-15H,5H2,1-4H3/t11-,13+,14-,15?,18+/m0/s1. The van der Waals surface area contributed by atoms with E-state index in [1.54, 1.807) is 58.0 Å². The Balaban J connectivity index is 1.83. The van der Waals surface area contributed by atoms with Gasteiger partial charge in [-0.15, -0.1) is 0 Å². The first kappa shape index (κ1) is 21.3. The maximum Gasteiger partial charge on any atom is 0.428 e. The fraction of sp³-hybridized carbons (Fsp3) is 0.632. The number of fused-ring (bicyclic) bond motifs is 1. The monoisotopic (exact) mass is 420 g/mol. The summed E-state index contributed by atoms with van der Waals surface area (Å²) in [5.74, 6) is -1.30. The molecule has 1 unspecified atom stereocenters. The zero-order valence-corrected chi connectivity index (χ0v) is 16.8. The normalized spacial score (nSPS) is 32.6. The first-order valence-corrected chi connectivity index (χ1v) is 9.43. The maximum atomic E-state index is 14.0. The molecule has 28 heavy (non-hydrogen) atoms. The van der Waals surface area contributed by atoms with Crippen molar-refractivity contribution >= 4 is 17.5 Å². The van der Waals surface area contributed by atoms with E-state index in [1.807, 2.05) is 0 Å². The van der Waals surface area contributed by atoms with Gasteiger partial charge in [-0.25, -0.2) is 0 Å². The van der Waals surface area contributed by atoms with Crippen LogP contribution in [0.2, 0.25) is 0 Å². The molecule has 1 aromatic carbocycles. The smallest absolute Gasteiger partial charge is 0.428 e. The van der Waals surface area contributed by atoms with Gasteiger partial charge in [0.15, 0.2) is 12.1 Å². The van der Waals surface area contributed by atoms with Crippen molar-refractivity contribution in [1.82, 2.24) is 0 Å². The highest BCUT2D eigenvalue weighted by molar-refractivity contribution is 7.79. The summed E-state index contributed by atoms with van der Waals surface area (Å²) in [5, 5.41) is -0.628. The van der Waals surface area contributed by atoms with Crippen molar-refractivity contribution < 1.29 is 36.9 Å². The number of hydrogen-bond donors (Lipinski definition) is 0. The number of rotatable bonds is 4. The highest BCUT2D eigenvalue weighted by Gasteiger charge is 2.68. The molecule has 2 fully saturated rings. The van der Waals surface area contributed by atoms with Gasteiger partial charge in [-0.3, -0.25) is 0 Å². The Morgan fingerprint density at radius 2 is 1.82 bits per heavy atom. The minimum atomic E-state index is -4.75. The molecule has 5 atom stereocenters. The van der Waals surface area contributed by atoms with Crippen LogP contribution in [0.1, 0.15) is 34.1 Å². The minimum absolute atomic E-state index is 0.0203. The van der Waals surface area contributed by atoms with Crippen molar-refractivity contribution in [2.24, 2.45) is 5.92 Å². The fourth-order valence-corrected chi connectivity index (χ4v) is 4.02. The van der Waals surface area contributed by atoms with Crippen LogP contribution in [0.25, 0.3) is 0 Å². The molecule has 9 heteroatoms. The van der Waals surface area contributed by atoms with Crippen molar-refractivity contribution in [2.75, 3.05) is 0 Å². The molecular weight excluding hydrogens is 397 g/mol. The van der Waals surface area contributed by atoms with Crippen LogP contribution in [-0.4, -0.2) is 41.3 Å². The molecule has 2 heterocycles. The molecule has 0 spiro atoms. The van der Waals surface area contributed by atoms with Crippen molar-refractivity contribution in [2.45, 2.75) is 70.2 Å². The molecule has 0 N–H and O–H groups in total. The largest absolute Gasteiger partial charge is 0.440 e. The molecule has 0 saturated carbocycles. The van der Waals surface area contributed by atoms with Gasteiger partial charge in [-0.1, -0.05) is 32.0 Å². The van der Waals surface area contributed by atoms with E-state index in [0.717, 1.165) is 0 Å². The van der Waals surface area contributed by atoms with Crippen LogP contribution in [0.15, 0.2) is 30.3 Å². The third kappa shape index (κ3) is 3.98. The Bertz CT molecular complexity index is 711. The van der Waals surface area contributed by atoms with E-state index >= 15 is 0 Å². The van der Waals surface area contributed by atoms with E-state index < -0.39 is 47.2 Å². The Kier molecular flexibility index (Phi) is 5.66. The molecule has 0 radical (unpaired) electrons. The summed E-state index contributed by atoms with van der Waals surface area (Å²) >= 11 is 4.93. The van der Waals surface area contributed by atoms with Crippen LogP contribution in [0.5, 0.6) is 5.75 Å². The second kappa shape index (κ2) is 7.44. The summed E-state index contributed by atoms with van der Waals surface area (Å²) in [7, 11) is 0. The number of benzene rings is 1. The average molecular weight is 420 g/mol. The minimum Gasteiger partial charge on any atom is -0.440 e. The Hall–Kier alpha value is -1.42. The van der Waals surface area contributed by atoms with E-state index in [-0.39, 0.29) is 12.2 Å². The van der Waals surface area contributed by atoms with E-state index in [4.69, 9.17) is 35.9 Å². The number of para-hydroxylation sites is 1. The SMILES string of the molecule is CC[C@@]1(C(OC(=S)Oc2ccccc2)C(F)(F)F)O[C@@H]2OC(C)(C)O[C@@H]2[C@@H]1C. The summed E-state index contributed by atoms with van der Waals surface area (Å²) in [6.45, 7) is 6.62. The van der Waals surface area contributed by atoms with Gasteiger partial charge in [0.05, 0.1) is 0 Å². The molecule has 0 amide bonds. The number of ether oxygens (including phenoxy) is 5. The lowest BCUT2D eigenvalue weighted by Gasteiger charge is -2.40. The quantitative estimate of drug-likeness (QED) is 0.664. The summed E-state index contributed by atoms with van der Waals surface area (Å²) < 4.78 is 69.6. The highest BCUT2D eigenvalue weighted by atomic mass is 32.1. The van der Waals surface area contributed by atoms with Crippen LogP contribution in [-0.2, 0) is 18.9 Å². The summed E-state index contributed by atoms with van der Waals surface area (Å²) in [6, 6.07) is 8.22. The molecule has 2 aliphatic heterocycles. The molecule has 1 aromatic rings. The van der Waals surface area contributed by atoms with E-state index in [9.17, 15) is 13.2 Å². The van der Waals surface area contributed by atoms with Crippen LogP contribution in [0.3, 0.4) is 0 Å². The third-order valence-corrected chi connectivity index (χ3v) is 5.32.